The molecule has 0 atom stereocenters. The summed E-state index contributed by atoms with van der Waals surface area (Å²) in [6.45, 7) is 5.22. The van der Waals surface area contributed by atoms with Crippen molar-refractivity contribution in [1.82, 2.24) is 4.90 Å². The van der Waals surface area contributed by atoms with Crippen LogP contribution >= 0.6 is 0 Å². The number of amides is 1. The molecule has 0 bridgehead atoms. The molecule has 21 heavy (non-hydrogen) atoms. The van der Waals surface area contributed by atoms with Crippen LogP contribution in [0.1, 0.15) is 31.7 Å². The van der Waals surface area contributed by atoms with Crippen LogP contribution in [0.4, 0.5) is 17.1 Å². The monoisotopic (exact) mass is 288 g/mol. The Morgan fingerprint density at radius 1 is 1.38 bits per heavy atom. The predicted octanol–water partition coefficient (Wildman–Crippen LogP) is 2.05. The molecule has 1 saturated carbocycles. The zero-order valence-electron chi connectivity index (χ0n) is 12.6. The Morgan fingerprint density at radius 2 is 2.19 bits per heavy atom. The van der Waals surface area contributed by atoms with Crippen LogP contribution in [-0.4, -0.2) is 36.5 Å². The molecule has 0 radical (unpaired) electrons. The molecule has 3 rings (SSSR count). The van der Waals surface area contributed by atoms with Crippen LogP contribution in [0.5, 0.6) is 0 Å². The summed E-state index contributed by atoms with van der Waals surface area (Å²) in [6.07, 6.45) is 3.99. The van der Waals surface area contributed by atoms with Gasteiger partial charge in [0.15, 0.2) is 0 Å². The lowest BCUT2D eigenvalue weighted by Crippen LogP contribution is -2.31. The van der Waals surface area contributed by atoms with Gasteiger partial charge in [0.05, 0.1) is 11.4 Å². The number of hydrogen-bond donors (Lipinski definition) is 3. The summed E-state index contributed by atoms with van der Waals surface area (Å²) in [6, 6.07) is 4.74. The number of fused-ring (bicyclic) bond motifs is 1. The molecule has 1 aliphatic carbocycles. The van der Waals surface area contributed by atoms with Gasteiger partial charge in [-0.1, -0.05) is 6.92 Å². The highest BCUT2D eigenvalue weighted by atomic mass is 16.1. The number of nitrogens with zero attached hydrogens (tertiary/aromatic N) is 1. The fraction of sp³-hybridized carbons (Fsp3) is 0.562. The Hall–Kier alpha value is -1.75. The Kier molecular flexibility index (Phi) is 4.01. The van der Waals surface area contributed by atoms with E-state index < -0.39 is 0 Å². The van der Waals surface area contributed by atoms with Gasteiger partial charge in [-0.3, -0.25) is 9.69 Å². The van der Waals surface area contributed by atoms with Crippen LogP contribution in [0.3, 0.4) is 0 Å². The van der Waals surface area contributed by atoms with Crippen molar-refractivity contribution in [2.24, 2.45) is 0 Å². The third kappa shape index (κ3) is 3.29. The number of benzene rings is 1. The van der Waals surface area contributed by atoms with Crippen LogP contribution < -0.4 is 16.4 Å². The van der Waals surface area contributed by atoms with E-state index in [1.165, 1.54) is 12.8 Å². The zero-order valence-corrected chi connectivity index (χ0v) is 12.6. The number of rotatable bonds is 6. The molecule has 4 N–H and O–H groups in total. The van der Waals surface area contributed by atoms with E-state index in [0.717, 1.165) is 54.7 Å². The molecule has 1 heterocycles. The normalized spacial score (nSPS) is 17.5. The number of nitrogens with two attached hydrogens (primary N) is 1. The first kappa shape index (κ1) is 14.2. The number of anilines is 3. The number of hydrogen-bond acceptors (Lipinski definition) is 4. The third-order valence-corrected chi connectivity index (χ3v) is 4.35. The first-order chi connectivity index (χ1) is 10.2. The SMILES string of the molecule is CCN(CCNc1cc2c(cc1N)CCC(=O)N2)C1CC1. The van der Waals surface area contributed by atoms with Gasteiger partial charge in [0.2, 0.25) is 5.91 Å². The van der Waals surface area contributed by atoms with Crippen molar-refractivity contribution < 1.29 is 4.79 Å². The highest BCUT2D eigenvalue weighted by Gasteiger charge is 2.27. The molecular formula is C16H24N4O. The number of likely N-dealkylation sites (N-methyl/N-ethyl adjacent to an activating group) is 1. The maximum Gasteiger partial charge on any atom is 0.224 e. The topological polar surface area (TPSA) is 70.4 Å². The number of aryl methyl sites for hydroxylation is 1. The van der Waals surface area contributed by atoms with Gasteiger partial charge >= 0.3 is 0 Å². The standard InChI is InChI=1S/C16H24N4O/c1-2-20(12-4-5-12)8-7-18-15-10-14-11(9-13(15)17)3-6-16(21)19-14/h9-10,12,18H,2-8,17H2,1H3,(H,19,21). The minimum atomic E-state index is 0.0871. The van der Waals surface area contributed by atoms with Gasteiger partial charge in [-0.05, 0) is 43.5 Å². The first-order valence-electron chi connectivity index (χ1n) is 7.87. The molecule has 5 heteroatoms. The van der Waals surface area contributed by atoms with Gasteiger partial charge in [0.1, 0.15) is 0 Å². The molecule has 1 amide bonds. The van der Waals surface area contributed by atoms with Crippen molar-refractivity contribution >= 4 is 23.0 Å². The Balaban J connectivity index is 1.62. The highest BCUT2D eigenvalue weighted by Crippen LogP contribution is 2.31. The lowest BCUT2D eigenvalue weighted by Gasteiger charge is -2.22. The Bertz CT molecular complexity index is 539. The smallest absolute Gasteiger partial charge is 0.224 e. The summed E-state index contributed by atoms with van der Waals surface area (Å²) >= 11 is 0. The van der Waals surface area contributed by atoms with E-state index in [9.17, 15) is 4.79 Å². The van der Waals surface area contributed by atoms with E-state index in [2.05, 4.69) is 22.5 Å². The van der Waals surface area contributed by atoms with Crippen LogP contribution in [0.15, 0.2) is 12.1 Å². The molecular weight excluding hydrogens is 264 g/mol. The molecule has 0 spiro atoms. The van der Waals surface area contributed by atoms with Gasteiger partial charge in [0.25, 0.3) is 0 Å². The molecule has 0 aromatic heterocycles. The van der Waals surface area contributed by atoms with Crippen molar-refractivity contribution in [2.75, 3.05) is 36.0 Å². The largest absolute Gasteiger partial charge is 0.397 e. The van der Waals surface area contributed by atoms with E-state index in [1.807, 2.05) is 12.1 Å². The maximum absolute atomic E-state index is 11.5. The summed E-state index contributed by atoms with van der Waals surface area (Å²) in [5, 5.41) is 6.33. The zero-order chi connectivity index (χ0) is 14.8. The summed E-state index contributed by atoms with van der Waals surface area (Å²) in [5.74, 6) is 0.0871. The fourth-order valence-corrected chi connectivity index (χ4v) is 2.97. The fourth-order valence-electron chi connectivity index (χ4n) is 2.97. The minimum absolute atomic E-state index is 0.0871. The summed E-state index contributed by atoms with van der Waals surface area (Å²) in [4.78, 5) is 14.0. The summed E-state index contributed by atoms with van der Waals surface area (Å²) in [5.41, 5.74) is 9.83. The minimum Gasteiger partial charge on any atom is -0.397 e. The number of carbonyl (C=O) groups excluding carboxylic acids is 1. The molecule has 1 aliphatic heterocycles. The summed E-state index contributed by atoms with van der Waals surface area (Å²) in [7, 11) is 0. The first-order valence-corrected chi connectivity index (χ1v) is 7.87. The predicted molar refractivity (Wildman–Crippen MR) is 86.6 cm³/mol. The van der Waals surface area contributed by atoms with Crippen molar-refractivity contribution in [3.8, 4) is 0 Å². The van der Waals surface area contributed by atoms with Crippen LogP contribution in [0.25, 0.3) is 0 Å². The molecule has 5 nitrogen and oxygen atoms in total. The molecule has 0 unspecified atom stereocenters. The third-order valence-electron chi connectivity index (χ3n) is 4.35. The second-order valence-corrected chi connectivity index (χ2v) is 5.93. The van der Waals surface area contributed by atoms with Crippen molar-refractivity contribution in [1.29, 1.82) is 0 Å². The molecule has 1 fully saturated rings. The quantitative estimate of drug-likeness (QED) is 0.701. The molecule has 1 aromatic carbocycles. The number of nitrogen functional groups attached to an aromatic ring is 1. The summed E-state index contributed by atoms with van der Waals surface area (Å²) < 4.78 is 0. The lowest BCUT2D eigenvalue weighted by atomic mass is 10.0. The molecule has 2 aliphatic rings. The van der Waals surface area contributed by atoms with Crippen molar-refractivity contribution in [2.45, 2.75) is 38.6 Å². The van der Waals surface area contributed by atoms with E-state index in [-0.39, 0.29) is 5.91 Å². The average Bonchev–Trinajstić information content (AvgIpc) is 3.29. The molecule has 114 valence electrons. The number of carbonyl (C=O) groups is 1. The van der Waals surface area contributed by atoms with E-state index >= 15 is 0 Å². The maximum atomic E-state index is 11.5. The van der Waals surface area contributed by atoms with Gasteiger partial charge in [-0.25, -0.2) is 0 Å². The van der Waals surface area contributed by atoms with E-state index in [0.29, 0.717) is 6.42 Å². The Labute approximate surface area is 125 Å². The number of nitrogens with one attached hydrogen (secondary N) is 2. The van der Waals surface area contributed by atoms with E-state index in [4.69, 9.17) is 5.73 Å². The van der Waals surface area contributed by atoms with Crippen LogP contribution in [-0.2, 0) is 11.2 Å². The molecule has 0 saturated heterocycles. The van der Waals surface area contributed by atoms with Gasteiger partial charge in [0, 0.05) is 31.2 Å². The van der Waals surface area contributed by atoms with Gasteiger partial charge in [-0.15, -0.1) is 0 Å². The second-order valence-electron chi connectivity index (χ2n) is 5.93. The van der Waals surface area contributed by atoms with Crippen molar-refractivity contribution in [3.63, 3.8) is 0 Å². The van der Waals surface area contributed by atoms with E-state index in [1.54, 1.807) is 0 Å². The van der Waals surface area contributed by atoms with Gasteiger partial charge in [-0.2, -0.15) is 0 Å². The molecule has 1 aromatic rings. The van der Waals surface area contributed by atoms with Crippen LogP contribution in [0.2, 0.25) is 0 Å². The average molecular weight is 288 g/mol. The highest BCUT2D eigenvalue weighted by molar-refractivity contribution is 5.95. The lowest BCUT2D eigenvalue weighted by molar-refractivity contribution is -0.116. The van der Waals surface area contributed by atoms with Crippen molar-refractivity contribution in [3.05, 3.63) is 17.7 Å². The van der Waals surface area contributed by atoms with Gasteiger partial charge < -0.3 is 16.4 Å². The second kappa shape index (κ2) is 5.93. The Morgan fingerprint density at radius 3 is 2.90 bits per heavy atom. The van der Waals surface area contributed by atoms with Crippen LogP contribution in [0, 0.1) is 0 Å².